The molecule has 0 radical (unpaired) electrons. The van der Waals surface area contributed by atoms with Crippen molar-refractivity contribution in [3.63, 3.8) is 0 Å². The highest BCUT2D eigenvalue weighted by Gasteiger charge is 2.48. The number of fused-ring (bicyclic) bond motifs is 3. The van der Waals surface area contributed by atoms with Crippen molar-refractivity contribution in [2.75, 3.05) is 0 Å². The molecular weight excluding hydrogens is 815 g/mol. The predicted molar refractivity (Wildman–Crippen MR) is 272 cm³/mol. The molecule has 1 heterocycles. The summed E-state index contributed by atoms with van der Waals surface area (Å²) in [5, 5.41) is 14.2. The van der Waals surface area contributed by atoms with Gasteiger partial charge in [0.15, 0.2) is 5.78 Å². The molecule has 0 spiro atoms. The number of aliphatic hydroxyl groups is 1. The van der Waals surface area contributed by atoms with E-state index < -0.39 is 11.0 Å². The Bertz CT molecular complexity index is 3420. The first kappa shape index (κ1) is 41.5. The normalized spacial score (nSPS) is 13.3. The molecule has 1 aliphatic carbocycles. The van der Waals surface area contributed by atoms with E-state index in [-0.39, 0.29) is 5.78 Å². The molecule has 0 bridgehead atoms. The maximum atomic E-state index is 14.8. The molecule has 11 rings (SSSR count). The molecule has 10 aromatic rings. The Morgan fingerprint density at radius 3 is 1.66 bits per heavy atom. The van der Waals surface area contributed by atoms with Gasteiger partial charge < -0.3 is 5.11 Å². The van der Waals surface area contributed by atoms with Crippen LogP contribution < -0.4 is 0 Å². The van der Waals surface area contributed by atoms with Crippen LogP contribution in [0, 0.1) is 13.8 Å². The van der Waals surface area contributed by atoms with Gasteiger partial charge in [-0.25, -0.2) is 0 Å². The SMILES string of the molecule is Cc1cccc(C)c1-c1ccnc(C2(c3cccc(C(O)(c4cccc(C(=O)c5ccccc5-c5ccccc5)c4)c4ccccc4-c4ccccc4)c3)c3ccccc3-c3ccccc32)c1. The molecule has 1 atom stereocenters. The third kappa shape index (κ3) is 6.86. The number of carbonyl (C=O) groups excluding carboxylic acids is 1. The van der Waals surface area contributed by atoms with Crippen LogP contribution in [0.1, 0.15) is 66.1 Å². The Morgan fingerprint density at radius 2 is 0.985 bits per heavy atom. The van der Waals surface area contributed by atoms with Crippen molar-refractivity contribution in [3.8, 4) is 44.5 Å². The molecular formula is C64H47NO2. The number of aromatic nitrogens is 1. The van der Waals surface area contributed by atoms with Gasteiger partial charge in [0, 0.05) is 22.9 Å². The molecule has 320 valence electrons. The van der Waals surface area contributed by atoms with Gasteiger partial charge in [-0.3, -0.25) is 9.78 Å². The number of aryl methyl sites for hydroxylation is 2. The Kier molecular flexibility index (Phi) is 10.5. The Hall–Kier alpha value is -8.24. The molecule has 1 aliphatic rings. The van der Waals surface area contributed by atoms with E-state index in [4.69, 9.17) is 4.98 Å². The topological polar surface area (TPSA) is 50.2 Å². The summed E-state index contributed by atoms with van der Waals surface area (Å²) in [4.78, 5) is 20.1. The molecule has 3 nitrogen and oxygen atoms in total. The number of nitrogens with zero attached hydrogens (tertiary/aromatic N) is 1. The molecule has 0 saturated heterocycles. The monoisotopic (exact) mass is 861 g/mol. The fourth-order valence-corrected chi connectivity index (χ4v) is 10.7. The van der Waals surface area contributed by atoms with Gasteiger partial charge in [-0.2, -0.15) is 0 Å². The first-order valence-corrected chi connectivity index (χ1v) is 22.9. The number of hydrogen-bond acceptors (Lipinski definition) is 3. The molecule has 1 unspecified atom stereocenters. The standard InChI is InChI=1S/C64H47NO2/c1-43-20-17-21-44(2)61(43)47-38-39-65-60(41-47)63(57-35-14-12-32-54(57)55-33-13-15-36-58(55)63)49-27-19-29-51(42-49)64(67,59-37-16-11-31-53(59)46-24-7-4-8-25-46)50-28-18-26-48(40-50)62(66)56-34-10-9-30-52(56)45-22-5-3-6-23-45/h3-42,67H,1-2H3. The average molecular weight is 862 g/mol. The van der Waals surface area contributed by atoms with Crippen LogP contribution >= 0.6 is 0 Å². The minimum absolute atomic E-state index is 0.123. The fourth-order valence-electron chi connectivity index (χ4n) is 10.7. The molecule has 1 N–H and O–H groups in total. The van der Waals surface area contributed by atoms with Crippen LogP contribution in [0.5, 0.6) is 0 Å². The number of hydrogen-bond donors (Lipinski definition) is 1. The summed E-state index contributed by atoms with van der Waals surface area (Å²) in [6.07, 6.45) is 1.94. The quantitative estimate of drug-likeness (QED) is 0.110. The van der Waals surface area contributed by atoms with E-state index in [1.807, 2.05) is 128 Å². The maximum Gasteiger partial charge on any atom is 0.193 e. The van der Waals surface area contributed by atoms with E-state index in [1.165, 1.54) is 16.7 Å². The number of carbonyl (C=O) groups is 1. The third-order valence-electron chi connectivity index (χ3n) is 13.8. The fraction of sp³-hybridized carbons (Fsp3) is 0.0625. The van der Waals surface area contributed by atoms with E-state index in [1.54, 1.807) is 0 Å². The lowest BCUT2D eigenvalue weighted by molar-refractivity contribution is 0.103. The summed E-state index contributed by atoms with van der Waals surface area (Å²) in [5.41, 5.74) is 15.2. The van der Waals surface area contributed by atoms with E-state index in [2.05, 4.69) is 129 Å². The molecule has 0 saturated carbocycles. The van der Waals surface area contributed by atoms with Gasteiger partial charge in [-0.15, -0.1) is 0 Å². The lowest BCUT2D eigenvalue weighted by Crippen LogP contribution is -2.33. The highest BCUT2D eigenvalue weighted by atomic mass is 16.3. The van der Waals surface area contributed by atoms with Gasteiger partial charge in [0.1, 0.15) is 5.60 Å². The van der Waals surface area contributed by atoms with Crippen molar-refractivity contribution in [1.82, 2.24) is 4.98 Å². The summed E-state index contributed by atoms with van der Waals surface area (Å²) < 4.78 is 0. The maximum absolute atomic E-state index is 14.8. The van der Waals surface area contributed by atoms with Crippen molar-refractivity contribution < 1.29 is 9.90 Å². The first-order valence-electron chi connectivity index (χ1n) is 22.9. The number of rotatable bonds is 10. The smallest absolute Gasteiger partial charge is 0.193 e. The third-order valence-corrected chi connectivity index (χ3v) is 13.8. The van der Waals surface area contributed by atoms with Crippen LogP contribution in [0.2, 0.25) is 0 Å². The van der Waals surface area contributed by atoms with E-state index >= 15 is 0 Å². The van der Waals surface area contributed by atoms with Crippen molar-refractivity contribution in [1.29, 1.82) is 0 Å². The van der Waals surface area contributed by atoms with Crippen LogP contribution in [0.3, 0.4) is 0 Å². The number of benzene rings is 9. The van der Waals surface area contributed by atoms with Crippen molar-refractivity contribution in [3.05, 3.63) is 304 Å². The zero-order valence-corrected chi connectivity index (χ0v) is 37.4. The first-order chi connectivity index (χ1) is 32.9. The molecule has 3 heteroatoms. The van der Waals surface area contributed by atoms with Gasteiger partial charge in [-0.05, 0) is 115 Å². The van der Waals surface area contributed by atoms with Crippen LogP contribution in [0.15, 0.2) is 243 Å². The van der Waals surface area contributed by atoms with Crippen LogP contribution in [-0.2, 0) is 11.0 Å². The van der Waals surface area contributed by atoms with Gasteiger partial charge in [0.25, 0.3) is 0 Å². The van der Waals surface area contributed by atoms with Crippen molar-refractivity contribution in [2.24, 2.45) is 0 Å². The summed E-state index contributed by atoms with van der Waals surface area (Å²) in [6, 6.07) is 80.2. The summed E-state index contributed by atoms with van der Waals surface area (Å²) in [6.45, 7) is 4.33. The molecule has 0 amide bonds. The zero-order valence-electron chi connectivity index (χ0n) is 37.4. The summed E-state index contributed by atoms with van der Waals surface area (Å²) in [7, 11) is 0. The summed E-state index contributed by atoms with van der Waals surface area (Å²) >= 11 is 0. The molecule has 67 heavy (non-hydrogen) atoms. The summed E-state index contributed by atoms with van der Waals surface area (Å²) in [5.74, 6) is -0.123. The van der Waals surface area contributed by atoms with E-state index in [9.17, 15) is 9.90 Å². The van der Waals surface area contributed by atoms with Crippen molar-refractivity contribution in [2.45, 2.75) is 24.9 Å². The Labute approximate surface area is 392 Å². The molecule has 9 aromatic carbocycles. The zero-order chi connectivity index (χ0) is 45.5. The van der Waals surface area contributed by atoms with Gasteiger partial charge in [-0.1, -0.05) is 218 Å². The van der Waals surface area contributed by atoms with Gasteiger partial charge in [0.2, 0.25) is 0 Å². The highest BCUT2D eigenvalue weighted by molar-refractivity contribution is 6.13. The van der Waals surface area contributed by atoms with Crippen molar-refractivity contribution >= 4 is 5.78 Å². The number of pyridine rings is 1. The van der Waals surface area contributed by atoms with E-state index in [0.717, 1.165) is 61.3 Å². The Morgan fingerprint density at radius 1 is 0.463 bits per heavy atom. The minimum Gasteiger partial charge on any atom is -0.376 e. The largest absolute Gasteiger partial charge is 0.376 e. The van der Waals surface area contributed by atoms with E-state index in [0.29, 0.717) is 27.8 Å². The molecule has 0 aliphatic heterocycles. The lowest BCUT2D eigenvalue weighted by atomic mass is 9.68. The second-order valence-corrected chi connectivity index (χ2v) is 17.6. The predicted octanol–water partition coefficient (Wildman–Crippen LogP) is 14.6. The second kappa shape index (κ2) is 17.0. The van der Waals surface area contributed by atoms with Gasteiger partial charge >= 0.3 is 0 Å². The second-order valence-electron chi connectivity index (χ2n) is 17.6. The molecule has 0 fully saturated rings. The van der Waals surface area contributed by atoms with Crippen LogP contribution in [0.4, 0.5) is 0 Å². The van der Waals surface area contributed by atoms with Crippen LogP contribution in [-0.4, -0.2) is 15.9 Å². The molecule has 1 aromatic heterocycles. The Balaban J connectivity index is 1.16. The van der Waals surface area contributed by atoms with Gasteiger partial charge in [0.05, 0.1) is 11.1 Å². The average Bonchev–Trinajstić information content (AvgIpc) is 3.70. The lowest BCUT2D eigenvalue weighted by Gasteiger charge is -2.36. The minimum atomic E-state index is -1.75. The highest BCUT2D eigenvalue weighted by Crippen LogP contribution is 2.56. The number of ketones is 1. The van der Waals surface area contributed by atoms with Crippen LogP contribution in [0.25, 0.3) is 44.5 Å².